The summed E-state index contributed by atoms with van der Waals surface area (Å²) in [5.41, 5.74) is 0.847. The highest BCUT2D eigenvalue weighted by molar-refractivity contribution is 6.32. The van der Waals surface area contributed by atoms with Gasteiger partial charge in [0.25, 0.3) is 11.4 Å². The minimum atomic E-state index is -0.600. The lowest BCUT2D eigenvalue weighted by Crippen LogP contribution is -2.35. The van der Waals surface area contributed by atoms with Crippen LogP contribution in [0.3, 0.4) is 0 Å². The van der Waals surface area contributed by atoms with Crippen LogP contribution in [0.2, 0.25) is 5.02 Å². The van der Waals surface area contributed by atoms with Crippen molar-refractivity contribution in [3.8, 4) is 0 Å². The molecule has 16 nitrogen and oxygen atoms in total. The van der Waals surface area contributed by atoms with Gasteiger partial charge in [0.2, 0.25) is 0 Å². The van der Waals surface area contributed by atoms with Crippen molar-refractivity contribution in [2.24, 2.45) is 0 Å². The average molecular weight is 627 g/mol. The molecule has 0 spiro atoms. The number of carbonyl (C=O) groups excluding carboxylic acids is 4. The molecule has 0 radical (unpaired) electrons. The number of nitrogens with zero attached hydrogens (tertiary/aromatic N) is 4. The monoisotopic (exact) mass is 626 g/mol. The molecule has 0 aromatic heterocycles. The van der Waals surface area contributed by atoms with Crippen molar-refractivity contribution in [1.29, 1.82) is 0 Å². The first-order chi connectivity index (χ1) is 20.3. The predicted molar refractivity (Wildman–Crippen MR) is 150 cm³/mol. The maximum absolute atomic E-state index is 11.4. The summed E-state index contributed by atoms with van der Waals surface area (Å²) in [7, 11) is 4.94. The van der Waals surface area contributed by atoms with Gasteiger partial charge >= 0.3 is 23.9 Å². The molecule has 0 aliphatic heterocycles. The summed E-state index contributed by atoms with van der Waals surface area (Å²) in [5, 5.41) is 21.6. The number of rotatable bonds is 14. The van der Waals surface area contributed by atoms with Crippen molar-refractivity contribution < 1.29 is 48.0 Å². The standard InChI is InChI=1S/C13H15ClN2O6.C13H16N2O6/c1-21-12(17)7-15(8-13(18)22-2)6-9-3-4-10(14)11(5-9)16(19)20;1-20-12(16)8-14(9-13(17)21-2)7-10-4-3-5-11(6-10)15(18)19/h3-5H,6-8H2,1-2H3;3-6H,7-9H2,1-2H3. The third-order valence-electron chi connectivity index (χ3n) is 5.46. The third kappa shape index (κ3) is 13.7. The summed E-state index contributed by atoms with van der Waals surface area (Å²) in [4.78, 5) is 68.8. The topological polar surface area (TPSA) is 198 Å². The molecular formula is C26H31ClN4O12. The number of halogens is 1. The van der Waals surface area contributed by atoms with Crippen LogP contribution in [0.1, 0.15) is 11.1 Å². The van der Waals surface area contributed by atoms with Crippen LogP contribution in [0.25, 0.3) is 0 Å². The van der Waals surface area contributed by atoms with E-state index in [1.165, 1.54) is 62.5 Å². The van der Waals surface area contributed by atoms with E-state index in [9.17, 15) is 39.4 Å². The maximum Gasteiger partial charge on any atom is 0.319 e. The summed E-state index contributed by atoms with van der Waals surface area (Å²) in [5.74, 6) is -2.09. The summed E-state index contributed by atoms with van der Waals surface area (Å²) >= 11 is 5.74. The second-order valence-corrected chi connectivity index (χ2v) is 8.97. The number of hydrogen-bond donors (Lipinski definition) is 0. The van der Waals surface area contributed by atoms with Gasteiger partial charge in [0.15, 0.2) is 0 Å². The number of nitro benzene ring substituents is 2. The fourth-order valence-corrected chi connectivity index (χ4v) is 3.59. The Morgan fingerprint density at radius 3 is 1.47 bits per heavy atom. The molecule has 0 aliphatic carbocycles. The summed E-state index contributed by atoms with van der Waals surface area (Å²) in [6, 6.07) is 10.2. The predicted octanol–water partition coefficient (Wildman–Crippen LogP) is 2.14. The van der Waals surface area contributed by atoms with E-state index >= 15 is 0 Å². The number of non-ortho nitro benzene ring substituents is 1. The van der Waals surface area contributed by atoms with E-state index in [0.29, 0.717) is 11.1 Å². The number of carbonyl (C=O) groups is 4. The zero-order valence-electron chi connectivity index (χ0n) is 23.8. The van der Waals surface area contributed by atoms with Gasteiger partial charge in [-0.05, 0) is 17.2 Å². The summed E-state index contributed by atoms with van der Waals surface area (Å²) in [6.45, 7) is -0.222. The molecule has 0 unspecified atom stereocenters. The number of benzene rings is 2. The van der Waals surface area contributed by atoms with Crippen LogP contribution in [0.4, 0.5) is 11.4 Å². The van der Waals surface area contributed by atoms with Gasteiger partial charge in [0.1, 0.15) is 5.02 Å². The van der Waals surface area contributed by atoms with Crippen LogP contribution in [0.5, 0.6) is 0 Å². The first-order valence-electron chi connectivity index (χ1n) is 12.2. The van der Waals surface area contributed by atoms with E-state index in [0.717, 1.165) is 0 Å². The quantitative estimate of drug-likeness (QED) is 0.128. The van der Waals surface area contributed by atoms with Gasteiger partial charge in [-0.1, -0.05) is 29.8 Å². The van der Waals surface area contributed by atoms with Crippen LogP contribution in [0.15, 0.2) is 42.5 Å². The second-order valence-electron chi connectivity index (χ2n) is 8.56. The number of hydrogen-bond acceptors (Lipinski definition) is 14. The summed E-state index contributed by atoms with van der Waals surface area (Å²) in [6.07, 6.45) is 0. The molecule has 17 heteroatoms. The number of methoxy groups -OCH3 is 4. The van der Waals surface area contributed by atoms with Crippen LogP contribution in [0, 0.1) is 20.2 Å². The number of ether oxygens (including phenoxy) is 4. The number of nitro groups is 2. The van der Waals surface area contributed by atoms with Crippen LogP contribution < -0.4 is 0 Å². The Hall–Kier alpha value is -4.67. The van der Waals surface area contributed by atoms with Gasteiger partial charge in [-0.2, -0.15) is 0 Å². The van der Waals surface area contributed by atoms with E-state index in [2.05, 4.69) is 18.9 Å². The molecule has 0 heterocycles. The van der Waals surface area contributed by atoms with Crippen molar-refractivity contribution in [2.45, 2.75) is 13.1 Å². The highest BCUT2D eigenvalue weighted by atomic mass is 35.5. The molecular weight excluding hydrogens is 596 g/mol. The van der Waals surface area contributed by atoms with E-state index < -0.39 is 33.7 Å². The molecule has 0 N–H and O–H groups in total. The van der Waals surface area contributed by atoms with Crippen molar-refractivity contribution >= 4 is 46.9 Å². The van der Waals surface area contributed by atoms with E-state index in [1.54, 1.807) is 18.2 Å². The minimum Gasteiger partial charge on any atom is -0.468 e. The maximum atomic E-state index is 11.4. The zero-order valence-corrected chi connectivity index (χ0v) is 24.6. The molecule has 2 aromatic carbocycles. The van der Waals surface area contributed by atoms with Gasteiger partial charge in [-0.15, -0.1) is 0 Å². The van der Waals surface area contributed by atoms with E-state index in [1.807, 2.05) is 0 Å². The third-order valence-corrected chi connectivity index (χ3v) is 5.78. The van der Waals surface area contributed by atoms with Crippen LogP contribution >= 0.6 is 11.6 Å². The Bertz CT molecular complexity index is 1270. The molecule has 0 fully saturated rings. The van der Waals surface area contributed by atoms with Gasteiger partial charge < -0.3 is 18.9 Å². The number of esters is 4. The zero-order chi connectivity index (χ0) is 32.5. The Morgan fingerprint density at radius 2 is 1.09 bits per heavy atom. The Labute approximate surface area is 251 Å². The van der Waals surface area contributed by atoms with Gasteiger partial charge in [0, 0.05) is 31.3 Å². The van der Waals surface area contributed by atoms with Crippen LogP contribution in [-0.4, -0.2) is 98.1 Å². The fourth-order valence-electron chi connectivity index (χ4n) is 3.41. The molecule has 0 aliphatic rings. The molecule has 0 saturated heterocycles. The highest BCUT2D eigenvalue weighted by Crippen LogP contribution is 2.25. The first kappa shape index (κ1) is 36.4. The molecule has 0 atom stereocenters. The minimum absolute atomic E-state index is 0.0150. The van der Waals surface area contributed by atoms with Gasteiger partial charge in [-0.25, -0.2) is 0 Å². The van der Waals surface area contributed by atoms with E-state index in [-0.39, 0.29) is 55.7 Å². The SMILES string of the molecule is COC(=O)CN(CC(=O)OC)Cc1ccc(Cl)c([N+](=O)[O-])c1.COC(=O)CN(CC(=O)OC)Cc1cccc([N+](=O)[O-])c1. The van der Waals surface area contributed by atoms with Crippen molar-refractivity contribution in [1.82, 2.24) is 9.80 Å². The average Bonchev–Trinajstić information content (AvgIpc) is 2.97. The van der Waals surface area contributed by atoms with Crippen molar-refractivity contribution in [2.75, 3.05) is 54.6 Å². The van der Waals surface area contributed by atoms with Gasteiger partial charge in [0.05, 0.1) is 64.5 Å². The largest absolute Gasteiger partial charge is 0.468 e. The first-order valence-corrected chi connectivity index (χ1v) is 12.6. The Kier molecular flexibility index (Phi) is 15.8. The lowest BCUT2D eigenvalue weighted by atomic mass is 10.2. The Balaban J connectivity index is 0.000000430. The normalized spacial score (nSPS) is 10.3. The highest BCUT2D eigenvalue weighted by Gasteiger charge is 2.19. The molecule has 234 valence electrons. The molecule has 43 heavy (non-hydrogen) atoms. The lowest BCUT2D eigenvalue weighted by Gasteiger charge is -2.19. The van der Waals surface area contributed by atoms with E-state index in [4.69, 9.17) is 11.6 Å². The molecule has 2 aromatic rings. The molecule has 0 bridgehead atoms. The molecule has 2 rings (SSSR count). The summed E-state index contributed by atoms with van der Waals surface area (Å²) < 4.78 is 18.2. The molecule has 0 saturated carbocycles. The van der Waals surface area contributed by atoms with Crippen LogP contribution in [-0.2, 0) is 51.2 Å². The molecule has 0 amide bonds. The lowest BCUT2D eigenvalue weighted by molar-refractivity contribution is -0.385. The fraction of sp³-hybridized carbons (Fsp3) is 0.385. The van der Waals surface area contributed by atoms with Crippen molar-refractivity contribution in [3.05, 3.63) is 78.8 Å². The second kappa shape index (κ2) is 18.7. The van der Waals surface area contributed by atoms with Gasteiger partial charge in [-0.3, -0.25) is 49.2 Å². The van der Waals surface area contributed by atoms with Crippen molar-refractivity contribution in [3.63, 3.8) is 0 Å². The smallest absolute Gasteiger partial charge is 0.319 e. The Morgan fingerprint density at radius 1 is 0.674 bits per heavy atom.